The summed E-state index contributed by atoms with van der Waals surface area (Å²) in [5.41, 5.74) is 2.19. The van der Waals surface area contributed by atoms with Crippen molar-refractivity contribution in [1.82, 2.24) is 19.9 Å². The summed E-state index contributed by atoms with van der Waals surface area (Å²) in [6.45, 7) is 1.86. The Bertz CT molecular complexity index is 657. The molecule has 1 aliphatic rings. The lowest BCUT2D eigenvalue weighted by molar-refractivity contribution is -0.117. The lowest BCUT2D eigenvalue weighted by atomic mass is 10.1. The average molecular weight is 318 g/mol. The number of carbonyl (C=O) groups excluding carboxylic acids is 1. The van der Waals surface area contributed by atoms with Crippen LogP contribution in [0.2, 0.25) is 0 Å². The molecule has 0 fully saturated rings. The van der Waals surface area contributed by atoms with Crippen LogP contribution in [0.3, 0.4) is 0 Å². The summed E-state index contributed by atoms with van der Waals surface area (Å²) in [6.07, 6.45) is 4.13. The molecule has 0 aromatic carbocycles. The number of anilines is 2. The number of nitrogens with zero attached hydrogens (tertiary/aromatic N) is 5. The fraction of sp³-hybridized carbons (Fsp3) is 0.429. The van der Waals surface area contributed by atoms with E-state index >= 15 is 0 Å². The second kappa shape index (κ2) is 6.37. The van der Waals surface area contributed by atoms with Crippen LogP contribution in [0.25, 0.3) is 0 Å². The van der Waals surface area contributed by atoms with Crippen LogP contribution in [-0.4, -0.2) is 52.9 Å². The molecule has 2 aromatic heterocycles. The molecule has 2 aromatic rings. The number of carbonyl (C=O) groups is 1. The van der Waals surface area contributed by atoms with Crippen molar-refractivity contribution in [3.05, 3.63) is 29.2 Å². The van der Waals surface area contributed by atoms with Crippen molar-refractivity contribution in [2.75, 3.05) is 37.4 Å². The first-order valence-corrected chi connectivity index (χ1v) is 7.93. The van der Waals surface area contributed by atoms with Gasteiger partial charge in [0.15, 0.2) is 5.13 Å². The van der Waals surface area contributed by atoms with Gasteiger partial charge in [0, 0.05) is 50.7 Å². The monoisotopic (exact) mass is 318 g/mol. The summed E-state index contributed by atoms with van der Waals surface area (Å²) >= 11 is 1.42. The molecule has 0 bridgehead atoms. The van der Waals surface area contributed by atoms with Crippen molar-refractivity contribution in [2.45, 2.75) is 13.0 Å². The topological polar surface area (TPSA) is 74.2 Å². The molecule has 3 heterocycles. The highest BCUT2D eigenvalue weighted by Gasteiger charge is 2.23. The molecule has 3 rings (SSSR count). The Morgan fingerprint density at radius 2 is 2.27 bits per heavy atom. The highest BCUT2D eigenvalue weighted by atomic mass is 32.1. The Balaban J connectivity index is 1.67. The zero-order valence-corrected chi connectivity index (χ0v) is 13.4. The number of amides is 1. The van der Waals surface area contributed by atoms with Gasteiger partial charge in [-0.2, -0.15) is 0 Å². The lowest BCUT2D eigenvalue weighted by Gasteiger charge is -2.29. The van der Waals surface area contributed by atoms with Crippen molar-refractivity contribution in [3.63, 3.8) is 0 Å². The number of fused-ring (bicyclic) bond motifs is 1. The normalized spacial score (nSPS) is 14.5. The summed E-state index contributed by atoms with van der Waals surface area (Å²) in [5, 5.41) is 5.30. The molecule has 0 radical (unpaired) electrons. The van der Waals surface area contributed by atoms with Gasteiger partial charge in [0.1, 0.15) is 12.1 Å². The first-order chi connectivity index (χ1) is 10.6. The van der Waals surface area contributed by atoms with Crippen LogP contribution in [0.15, 0.2) is 17.9 Å². The molecule has 0 spiro atoms. The Hall–Kier alpha value is -2.06. The summed E-state index contributed by atoms with van der Waals surface area (Å²) in [5.74, 6) is 0.886. The van der Waals surface area contributed by atoms with Gasteiger partial charge in [-0.05, 0) is 0 Å². The molecule has 0 saturated heterocycles. The molecule has 1 amide bonds. The smallest absolute Gasteiger partial charge is 0.240 e. The predicted octanol–water partition coefficient (Wildman–Crippen LogP) is 0.996. The molecule has 116 valence electrons. The van der Waals surface area contributed by atoms with Crippen molar-refractivity contribution >= 4 is 28.2 Å². The van der Waals surface area contributed by atoms with Crippen LogP contribution >= 0.6 is 11.3 Å². The van der Waals surface area contributed by atoms with Gasteiger partial charge in [0.2, 0.25) is 5.91 Å². The third-order valence-corrected chi connectivity index (χ3v) is 4.22. The van der Waals surface area contributed by atoms with Gasteiger partial charge < -0.3 is 10.2 Å². The highest BCUT2D eigenvalue weighted by Crippen LogP contribution is 2.24. The van der Waals surface area contributed by atoms with E-state index < -0.39 is 0 Å². The van der Waals surface area contributed by atoms with E-state index in [0.29, 0.717) is 18.2 Å². The van der Waals surface area contributed by atoms with E-state index in [1.54, 1.807) is 12.5 Å². The molecule has 0 unspecified atom stereocenters. The first-order valence-electron chi connectivity index (χ1n) is 7.05. The number of thiazole rings is 1. The quantitative estimate of drug-likeness (QED) is 0.906. The lowest BCUT2D eigenvalue weighted by Crippen LogP contribution is -2.38. The van der Waals surface area contributed by atoms with E-state index in [1.165, 1.54) is 11.3 Å². The fourth-order valence-corrected chi connectivity index (χ4v) is 3.09. The molecular formula is C14H18N6OS. The van der Waals surface area contributed by atoms with Crippen molar-refractivity contribution in [1.29, 1.82) is 0 Å². The van der Waals surface area contributed by atoms with E-state index in [4.69, 9.17) is 0 Å². The van der Waals surface area contributed by atoms with Gasteiger partial charge >= 0.3 is 0 Å². The van der Waals surface area contributed by atoms with Crippen LogP contribution in [0.5, 0.6) is 0 Å². The Kier molecular flexibility index (Phi) is 4.30. The van der Waals surface area contributed by atoms with Crippen LogP contribution in [0, 0.1) is 0 Å². The standard InChI is InChI=1S/C14H18N6OS/c1-19(2)13-10-7-20(5-3-11(10)16-9-17-13)8-12(21)18-14-15-4-6-22-14/h4,6,9H,3,5,7-8H2,1-2H3,(H,15,18,21). The van der Waals surface area contributed by atoms with Crippen LogP contribution in [0.4, 0.5) is 10.9 Å². The minimum atomic E-state index is -0.0401. The van der Waals surface area contributed by atoms with Crippen LogP contribution < -0.4 is 10.2 Å². The molecule has 0 aliphatic carbocycles. The van der Waals surface area contributed by atoms with Crippen LogP contribution in [0.1, 0.15) is 11.3 Å². The third kappa shape index (κ3) is 3.23. The maximum Gasteiger partial charge on any atom is 0.240 e. The minimum Gasteiger partial charge on any atom is -0.362 e. The number of rotatable bonds is 4. The molecule has 7 nitrogen and oxygen atoms in total. The minimum absolute atomic E-state index is 0.0401. The molecule has 0 saturated carbocycles. The number of hydrogen-bond donors (Lipinski definition) is 1. The zero-order valence-electron chi connectivity index (χ0n) is 12.6. The van der Waals surface area contributed by atoms with Gasteiger partial charge in [-0.15, -0.1) is 11.3 Å². The van der Waals surface area contributed by atoms with E-state index in [1.807, 2.05) is 24.4 Å². The van der Waals surface area contributed by atoms with Crippen molar-refractivity contribution in [3.8, 4) is 0 Å². The van der Waals surface area contributed by atoms with E-state index in [9.17, 15) is 4.79 Å². The van der Waals surface area contributed by atoms with Gasteiger partial charge in [-0.25, -0.2) is 15.0 Å². The van der Waals surface area contributed by atoms with Gasteiger partial charge in [0.25, 0.3) is 0 Å². The number of aromatic nitrogens is 3. The highest BCUT2D eigenvalue weighted by molar-refractivity contribution is 7.13. The first kappa shape index (κ1) is 14.9. The predicted molar refractivity (Wildman–Crippen MR) is 86.1 cm³/mol. The largest absolute Gasteiger partial charge is 0.362 e. The summed E-state index contributed by atoms with van der Waals surface area (Å²) in [4.78, 5) is 29.0. The molecule has 1 N–H and O–H groups in total. The second-order valence-corrected chi connectivity index (χ2v) is 6.26. The average Bonchev–Trinajstić information content (AvgIpc) is 2.99. The van der Waals surface area contributed by atoms with Crippen LogP contribution in [-0.2, 0) is 17.8 Å². The Morgan fingerprint density at radius 1 is 1.41 bits per heavy atom. The van der Waals surface area contributed by atoms with Gasteiger partial charge in [0.05, 0.1) is 12.2 Å². The Morgan fingerprint density at radius 3 is 3.00 bits per heavy atom. The Labute approximate surface area is 133 Å². The summed E-state index contributed by atoms with van der Waals surface area (Å²) in [6, 6.07) is 0. The maximum atomic E-state index is 12.1. The third-order valence-electron chi connectivity index (χ3n) is 3.53. The molecule has 22 heavy (non-hydrogen) atoms. The van der Waals surface area contributed by atoms with Gasteiger partial charge in [-0.1, -0.05) is 0 Å². The fourth-order valence-electron chi connectivity index (χ4n) is 2.55. The van der Waals surface area contributed by atoms with Crippen molar-refractivity contribution in [2.24, 2.45) is 0 Å². The molecule has 8 heteroatoms. The number of nitrogens with one attached hydrogen (secondary N) is 1. The SMILES string of the molecule is CN(C)c1ncnc2c1CN(CC(=O)Nc1nccs1)CC2. The summed E-state index contributed by atoms with van der Waals surface area (Å²) in [7, 11) is 3.94. The maximum absolute atomic E-state index is 12.1. The van der Waals surface area contributed by atoms with E-state index in [-0.39, 0.29) is 5.91 Å². The van der Waals surface area contributed by atoms with E-state index in [2.05, 4.69) is 25.2 Å². The second-order valence-electron chi connectivity index (χ2n) is 5.36. The van der Waals surface area contributed by atoms with Gasteiger partial charge in [-0.3, -0.25) is 9.69 Å². The molecule has 0 atom stereocenters. The molecule has 1 aliphatic heterocycles. The van der Waals surface area contributed by atoms with Crippen molar-refractivity contribution < 1.29 is 4.79 Å². The number of hydrogen-bond acceptors (Lipinski definition) is 7. The zero-order chi connectivity index (χ0) is 15.5. The summed E-state index contributed by atoms with van der Waals surface area (Å²) < 4.78 is 0. The van der Waals surface area contributed by atoms with E-state index in [0.717, 1.165) is 30.0 Å². The molecular weight excluding hydrogens is 300 g/mol.